The van der Waals surface area contributed by atoms with Crippen LogP contribution in [-0.4, -0.2) is 25.7 Å². The van der Waals surface area contributed by atoms with E-state index in [4.69, 9.17) is 0 Å². The van der Waals surface area contributed by atoms with E-state index in [1.54, 1.807) is 0 Å². The zero-order chi connectivity index (χ0) is 10.8. The second-order valence-electron chi connectivity index (χ2n) is 2.13. The Balaban J connectivity index is 3.96. The van der Waals surface area contributed by atoms with Gasteiger partial charge in [0.2, 0.25) is 0 Å². The highest BCUT2D eigenvalue weighted by Crippen LogP contribution is 1.79. The number of esters is 2. The molecule has 4 heteroatoms. The summed E-state index contributed by atoms with van der Waals surface area (Å²) in [5.74, 6) is 7.14. The standard InChI is InChI=1S/C10H10O4/c1-3-8-14-10(12)7-5-4-6-9(11)13-2/h3,8H2,1-2H3. The molecule has 4 nitrogen and oxygen atoms in total. The molecule has 0 aromatic heterocycles. The molecule has 0 amide bonds. The van der Waals surface area contributed by atoms with E-state index in [2.05, 4.69) is 33.2 Å². The smallest absolute Gasteiger partial charge is 0.385 e. The van der Waals surface area contributed by atoms with Crippen molar-refractivity contribution >= 4 is 11.9 Å². The number of carbonyl (C=O) groups excluding carboxylic acids is 2. The lowest BCUT2D eigenvalue weighted by Gasteiger charge is -1.93. The largest absolute Gasteiger partial charge is 0.459 e. The van der Waals surface area contributed by atoms with Crippen LogP contribution in [0.5, 0.6) is 0 Å². The molecule has 0 rings (SSSR count). The van der Waals surface area contributed by atoms with Crippen molar-refractivity contribution in [3.8, 4) is 23.7 Å². The number of methoxy groups -OCH3 is 1. The number of hydrogen-bond acceptors (Lipinski definition) is 4. The van der Waals surface area contributed by atoms with E-state index in [1.165, 1.54) is 7.11 Å². The highest BCUT2D eigenvalue weighted by atomic mass is 16.5. The lowest BCUT2D eigenvalue weighted by molar-refractivity contribution is -0.136. The number of ether oxygens (including phenoxy) is 2. The topological polar surface area (TPSA) is 52.6 Å². The first-order valence-electron chi connectivity index (χ1n) is 3.97. The first kappa shape index (κ1) is 12.1. The van der Waals surface area contributed by atoms with Gasteiger partial charge in [0.1, 0.15) is 0 Å². The van der Waals surface area contributed by atoms with Crippen LogP contribution >= 0.6 is 0 Å². The van der Waals surface area contributed by atoms with Crippen LogP contribution in [0.1, 0.15) is 13.3 Å². The molecular weight excluding hydrogens is 184 g/mol. The minimum Gasteiger partial charge on any atom is -0.459 e. The van der Waals surface area contributed by atoms with Crippen molar-refractivity contribution in [2.75, 3.05) is 13.7 Å². The van der Waals surface area contributed by atoms with Crippen LogP contribution in [0.3, 0.4) is 0 Å². The first-order chi connectivity index (χ1) is 6.70. The molecule has 0 bridgehead atoms. The lowest BCUT2D eigenvalue weighted by atomic mass is 10.5. The normalized spacial score (nSPS) is 7.29. The van der Waals surface area contributed by atoms with E-state index in [-0.39, 0.29) is 0 Å². The zero-order valence-electron chi connectivity index (χ0n) is 8.05. The average Bonchev–Trinajstić information content (AvgIpc) is 2.21. The Labute approximate surface area is 82.6 Å². The molecule has 0 heterocycles. The van der Waals surface area contributed by atoms with Gasteiger partial charge in [-0.05, 0) is 18.3 Å². The molecular formula is C10H10O4. The lowest BCUT2D eigenvalue weighted by Crippen LogP contribution is -2.01. The second kappa shape index (κ2) is 7.70. The molecule has 0 spiro atoms. The van der Waals surface area contributed by atoms with Crippen molar-refractivity contribution in [2.24, 2.45) is 0 Å². The van der Waals surface area contributed by atoms with Gasteiger partial charge in [-0.15, -0.1) is 0 Å². The summed E-state index contributed by atoms with van der Waals surface area (Å²) in [5.41, 5.74) is 0. The second-order valence-corrected chi connectivity index (χ2v) is 2.13. The van der Waals surface area contributed by atoms with Gasteiger partial charge in [-0.3, -0.25) is 0 Å². The Morgan fingerprint density at radius 1 is 1.14 bits per heavy atom. The average molecular weight is 194 g/mol. The van der Waals surface area contributed by atoms with Gasteiger partial charge < -0.3 is 9.47 Å². The summed E-state index contributed by atoms with van der Waals surface area (Å²) in [7, 11) is 1.21. The van der Waals surface area contributed by atoms with Crippen molar-refractivity contribution in [1.29, 1.82) is 0 Å². The van der Waals surface area contributed by atoms with Gasteiger partial charge in [0.25, 0.3) is 0 Å². The monoisotopic (exact) mass is 194 g/mol. The summed E-state index contributed by atoms with van der Waals surface area (Å²) in [6.45, 7) is 2.20. The summed E-state index contributed by atoms with van der Waals surface area (Å²) in [5, 5.41) is 0. The van der Waals surface area contributed by atoms with Crippen LogP contribution in [0.2, 0.25) is 0 Å². The molecule has 0 fully saturated rings. The van der Waals surface area contributed by atoms with E-state index in [0.717, 1.165) is 6.42 Å². The van der Waals surface area contributed by atoms with Crippen LogP contribution in [0.4, 0.5) is 0 Å². The van der Waals surface area contributed by atoms with Crippen molar-refractivity contribution < 1.29 is 19.1 Å². The van der Waals surface area contributed by atoms with Crippen molar-refractivity contribution in [3.05, 3.63) is 0 Å². The third kappa shape index (κ3) is 6.75. The quantitative estimate of drug-likeness (QED) is 0.356. The van der Waals surface area contributed by atoms with Gasteiger partial charge >= 0.3 is 11.9 Å². The summed E-state index contributed by atoms with van der Waals surface area (Å²) < 4.78 is 8.85. The minimum absolute atomic E-state index is 0.331. The Kier molecular flexibility index (Phi) is 6.63. The zero-order valence-corrected chi connectivity index (χ0v) is 8.05. The highest BCUT2D eigenvalue weighted by Gasteiger charge is 1.92. The van der Waals surface area contributed by atoms with Gasteiger partial charge in [0.05, 0.1) is 13.7 Å². The summed E-state index contributed by atoms with van der Waals surface area (Å²) in [6.07, 6.45) is 0.737. The highest BCUT2D eigenvalue weighted by molar-refractivity contribution is 5.91. The number of carbonyl (C=O) groups is 2. The predicted molar refractivity (Wildman–Crippen MR) is 48.8 cm³/mol. The van der Waals surface area contributed by atoms with Crippen LogP contribution in [0, 0.1) is 23.7 Å². The SMILES string of the molecule is CCCOC(=O)C#CC#CC(=O)OC. The van der Waals surface area contributed by atoms with E-state index in [9.17, 15) is 9.59 Å². The number of rotatable bonds is 2. The van der Waals surface area contributed by atoms with Gasteiger partial charge in [-0.1, -0.05) is 6.92 Å². The Morgan fingerprint density at radius 3 is 2.21 bits per heavy atom. The maximum absolute atomic E-state index is 10.7. The van der Waals surface area contributed by atoms with Crippen molar-refractivity contribution in [1.82, 2.24) is 0 Å². The molecule has 0 radical (unpaired) electrons. The van der Waals surface area contributed by atoms with E-state index in [1.807, 2.05) is 6.92 Å². The fourth-order valence-corrected chi connectivity index (χ4v) is 0.446. The molecule has 74 valence electrons. The van der Waals surface area contributed by atoms with Gasteiger partial charge in [0.15, 0.2) is 0 Å². The number of hydrogen-bond donors (Lipinski definition) is 0. The molecule has 0 unspecified atom stereocenters. The summed E-state index contributed by atoms with van der Waals surface area (Å²) >= 11 is 0. The molecule has 0 aromatic carbocycles. The van der Waals surface area contributed by atoms with Gasteiger partial charge in [-0.25, -0.2) is 9.59 Å². The first-order valence-corrected chi connectivity index (χ1v) is 3.97. The molecule has 0 aliphatic heterocycles. The van der Waals surface area contributed by atoms with Crippen LogP contribution in [0.25, 0.3) is 0 Å². The molecule has 14 heavy (non-hydrogen) atoms. The van der Waals surface area contributed by atoms with E-state index in [0.29, 0.717) is 6.61 Å². The maximum Gasteiger partial charge on any atom is 0.385 e. The fraction of sp³-hybridized carbons (Fsp3) is 0.400. The van der Waals surface area contributed by atoms with Gasteiger partial charge in [0, 0.05) is 11.8 Å². The van der Waals surface area contributed by atoms with Crippen molar-refractivity contribution in [2.45, 2.75) is 13.3 Å². The molecule has 0 aliphatic carbocycles. The van der Waals surface area contributed by atoms with Gasteiger partial charge in [-0.2, -0.15) is 0 Å². The fourth-order valence-electron chi connectivity index (χ4n) is 0.446. The molecule has 0 N–H and O–H groups in total. The minimum atomic E-state index is -0.693. The van der Waals surface area contributed by atoms with Crippen LogP contribution in [-0.2, 0) is 19.1 Å². The predicted octanol–water partition coefficient (Wildman–Crippen LogP) is 0.119. The van der Waals surface area contributed by atoms with Crippen LogP contribution in [0.15, 0.2) is 0 Å². The molecule has 0 atom stereocenters. The molecule has 0 aromatic rings. The van der Waals surface area contributed by atoms with E-state index >= 15 is 0 Å². The molecule has 0 saturated heterocycles. The van der Waals surface area contributed by atoms with Crippen LogP contribution < -0.4 is 0 Å². The Morgan fingerprint density at radius 2 is 1.71 bits per heavy atom. The maximum atomic E-state index is 10.7. The Bertz CT molecular complexity index is 322. The molecule has 0 aliphatic rings. The summed E-state index contributed by atoms with van der Waals surface area (Å²) in [6, 6.07) is 0. The third-order valence-corrected chi connectivity index (χ3v) is 1.01. The van der Waals surface area contributed by atoms with E-state index < -0.39 is 11.9 Å². The third-order valence-electron chi connectivity index (χ3n) is 1.01. The summed E-state index contributed by atoms with van der Waals surface area (Å²) in [4.78, 5) is 21.2. The molecule has 0 saturated carbocycles. The van der Waals surface area contributed by atoms with Crippen molar-refractivity contribution in [3.63, 3.8) is 0 Å². The Hall–Kier alpha value is -1.94.